The Morgan fingerprint density at radius 2 is 1.07 bits per heavy atom. The van der Waals surface area contributed by atoms with Gasteiger partial charge in [-0.2, -0.15) is 27.0 Å². The number of para-hydroxylation sites is 2. The molecule has 0 fully saturated rings. The Morgan fingerprint density at radius 3 is 1.62 bits per heavy atom. The molecule has 61 heavy (non-hydrogen) atoms. The molecule has 0 bridgehead atoms. The first-order chi connectivity index (χ1) is 28.5. The third-order valence-electron chi connectivity index (χ3n) is 9.02. The molecule has 0 amide bonds. The van der Waals surface area contributed by atoms with E-state index >= 15 is 0 Å². The summed E-state index contributed by atoms with van der Waals surface area (Å²) < 4.78 is 68.0. The zero-order chi connectivity index (χ0) is 42.9. The fraction of sp³-hybridized carbons (Fsp3) is 0.0500. The Bertz CT molecular complexity index is 3300. The number of benzene rings is 6. The summed E-state index contributed by atoms with van der Waals surface area (Å²) in [6.07, 6.45) is 0. The molecule has 8 rings (SSSR count). The number of nitrogens with zero attached hydrogens (tertiary/aromatic N) is 7. The van der Waals surface area contributed by atoms with Gasteiger partial charge in [0.15, 0.2) is 11.4 Å². The quantitative estimate of drug-likeness (QED) is 0.0808. The van der Waals surface area contributed by atoms with Crippen LogP contribution in [0, 0.1) is 13.8 Å². The fourth-order valence-corrected chi connectivity index (χ4v) is 7.67. The largest absolute Gasteiger partial charge is 3.00 e. The van der Waals surface area contributed by atoms with E-state index in [9.17, 15) is 40.9 Å². The summed E-state index contributed by atoms with van der Waals surface area (Å²) in [6.45, 7) is 3.27. The monoisotopic (exact) mass is 899 g/mol. The van der Waals surface area contributed by atoms with Gasteiger partial charge in [0, 0.05) is 27.4 Å². The van der Waals surface area contributed by atoms with E-state index in [2.05, 4.69) is 30.7 Å². The Kier molecular flexibility index (Phi) is 12.4. The fourth-order valence-electron chi connectivity index (χ4n) is 6.24. The van der Waals surface area contributed by atoms with Gasteiger partial charge in [0.25, 0.3) is 31.5 Å². The SMILES string of the molecule is Cc1[nH]n(-c2ccccc2)c(=O)c1N=Nc1c([O-])cc(S(=O)(=O)O)c2ccccc12.Cc1nn(-c2ccccc2)c([O-])c1N=Nc1c([OH2+])cc(S(=O)(=O)O)c2ccccc12.[Cr+3]. The Balaban J connectivity index is 0.000000201. The zero-order valence-corrected chi connectivity index (χ0v) is 34.6. The van der Waals surface area contributed by atoms with E-state index in [-0.39, 0.29) is 66.9 Å². The zero-order valence-electron chi connectivity index (χ0n) is 31.7. The van der Waals surface area contributed by atoms with Crippen molar-refractivity contribution in [2.75, 3.05) is 0 Å². The first-order valence-corrected chi connectivity index (χ1v) is 20.4. The topological polar surface area (TPSA) is 283 Å². The number of azo groups is 2. The molecule has 0 spiro atoms. The molecular formula is C40H31CrN8O10S2+2. The number of aromatic nitrogens is 4. The molecule has 5 N–H and O–H groups in total. The number of hydrogen-bond acceptors (Lipinski definition) is 12. The van der Waals surface area contributed by atoms with Crippen LogP contribution in [0.1, 0.15) is 11.4 Å². The normalized spacial score (nSPS) is 11.9. The minimum Gasteiger partial charge on any atom is -0.871 e. The Morgan fingerprint density at radius 1 is 0.623 bits per heavy atom. The molecule has 6 aromatic carbocycles. The van der Waals surface area contributed by atoms with E-state index in [1.807, 2.05) is 12.1 Å². The van der Waals surface area contributed by atoms with E-state index < -0.39 is 42.3 Å². The van der Waals surface area contributed by atoms with Crippen LogP contribution in [0.4, 0.5) is 22.7 Å². The van der Waals surface area contributed by atoms with Crippen molar-refractivity contribution in [3.05, 3.63) is 143 Å². The van der Waals surface area contributed by atoms with Gasteiger partial charge in [-0.15, -0.1) is 15.3 Å². The molecule has 0 atom stereocenters. The molecule has 0 saturated heterocycles. The van der Waals surface area contributed by atoms with Crippen LogP contribution in [0.5, 0.6) is 17.4 Å². The summed E-state index contributed by atoms with van der Waals surface area (Å²) in [4.78, 5) is 11.8. The van der Waals surface area contributed by atoms with Crippen molar-refractivity contribution >= 4 is 64.5 Å². The van der Waals surface area contributed by atoms with Crippen molar-refractivity contribution < 1.29 is 58.6 Å². The van der Waals surface area contributed by atoms with E-state index in [1.54, 1.807) is 92.7 Å². The molecule has 0 aliphatic heterocycles. The predicted octanol–water partition coefficient (Wildman–Crippen LogP) is 6.87. The molecular weight excluding hydrogens is 869 g/mol. The molecule has 21 heteroatoms. The van der Waals surface area contributed by atoms with Gasteiger partial charge in [0.1, 0.15) is 15.5 Å². The average Bonchev–Trinajstić information content (AvgIpc) is 3.68. The van der Waals surface area contributed by atoms with Crippen molar-refractivity contribution in [3.63, 3.8) is 0 Å². The molecule has 0 aliphatic carbocycles. The van der Waals surface area contributed by atoms with Gasteiger partial charge in [-0.05, 0) is 44.2 Å². The van der Waals surface area contributed by atoms with Gasteiger partial charge in [0.05, 0.1) is 34.5 Å². The average molecular weight is 900 g/mol. The second-order valence-electron chi connectivity index (χ2n) is 13.0. The molecule has 8 aromatic rings. The van der Waals surface area contributed by atoms with Crippen LogP contribution in [-0.4, -0.2) is 50.6 Å². The van der Waals surface area contributed by atoms with Crippen LogP contribution in [0.2, 0.25) is 0 Å². The standard InChI is InChI=1S/2C20H16N4O5S.Cr/c2*1-12-18(20(26)24(23-12)13-7-3-2-4-8-13)21-22-19-15-10-6-5-9-14(15)17(11-16(19)25)30(27,28)29;/h2-11,25-26H,1H3,(H,27,28,29);2-11,23,25H,1H3,(H,27,28,29);/q;;+3/p-1. The third-order valence-corrected chi connectivity index (χ3v) is 10.8. The molecule has 307 valence electrons. The molecule has 1 radical (unpaired) electrons. The minimum atomic E-state index is -4.61. The molecule has 0 unspecified atom stereocenters. The van der Waals surface area contributed by atoms with Crippen LogP contribution in [-0.2, 0) is 37.6 Å². The number of rotatable bonds is 8. The molecule has 2 heterocycles. The number of fused-ring (bicyclic) bond motifs is 2. The number of aromatic amines is 1. The van der Waals surface area contributed by atoms with Crippen molar-refractivity contribution in [1.82, 2.24) is 19.6 Å². The molecule has 2 aromatic heterocycles. The van der Waals surface area contributed by atoms with Crippen molar-refractivity contribution in [2.24, 2.45) is 20.5 Å². The number of H-pyrrole nitrogens is 1. The smallest absolute Gasteiger partial charge is 0.871 e. The summed E-state index contributed by atoms with van der Waals surface area (Å²) in [5, 5.41) is 57.4. The second-order valence-corrected chi connectivity index (χ2v) is 15.8. The van der Waals surface area contributed by atoms with Crippen molar-refractivity contribution in [2.45, 2.75) is 23.6 Å². The van der Waals surface area contributed by atoms with Gasteiger partial charge in [-0.25, -0.2) is 9.36 Å². The van der Waals surface area contributed by atoms with E-state index in [1.165, 1.54) is 27.6 Å². The van der Waals surface area contributed by atoms with Gasteiger partial charge in [-0.1, -0.05) is 90.7 Å². The summed E-state index contributed by atoms with van der Waals surface area (Å²) in [6, 6.07) is 31.9. The Labute approximate surface area is 357 Å². The first kappa shape index (κ1) is 43.6. The van der Waals surface area contributed by atoms with Crippen LogP contribution < -0.4 is 15.8 Å². The minimum absolute atomic E-state index is 0. The summed E-state index contributed by atoms with van der Waals surface area (Å²) in [5.74, 6) is -1.47. The van der Waals surface area contributed by atoms with Crippen molar-refractivity contribution in [3.8, 4) is 28.8 Å². The van der Waals surface area contributed by atoms with Gasteiger partial charge in [0.2, 0.25) is 0 Å². The number of aryl methyl sites for hydroxylation is 2. The molecule has 18 nitrogen and oxygen atoms in total. The number of hydrogen-bond donors (Lipinski definition) is 3. The van der Waals surface area contributed by atoms with Crippen LogP contribution in [0.25, 0.3) is 32.9 Å². The van der Waals surface area contributed by atoms with E-state index in [0.717, 1.165) is 12.1 Å². The summed E-state index contributed by atoms with van der Waals surface area (Å²) >= 11 is 0. The van der Waals surface area contributed by atoms with Gasteiger partial charge in [-0.3, -0.25) is 19.0 Å². The summed E-state index contributed by atoms with van der Waals surface area (Å²) in [7, 11) is -9.14. The maximum atomic E-state index is 12.7. The van der Waals surface area contributed by atoms with Crippen LogP contribution >= 0.6 is 0 Å². The molecule has 0 saturated carbocycles. The maximum Gasteiger partial charge on any atom is 3.00 e. The third kappa shape index (κ3) is 8.83. The number of nitrogens with one attached hydrogen (secondary N) is 1. The first-order valence-electron chi connectivity index (χ1n) is 17.5. The van der Waals surface area contributed by atoms with Gasteiger partial charge < -0.3 is 15.3 Å². The van der Waals surface area contributed by atoms with Crippen LogP contribution in [0.15, 0.2) is 156 Å². The van der Waals surface area contributed by atoms with E-state index in [4.69, 9.17) is 5.11 Å². The second kappa shape index (κ2) is 17.3. The van der Waals surface area contributed by atoms with E-state index in [0.29, 0.717) is 28.1 Å². The predicted molar refractivity (Wildman–Crippen MR) is 217 cm³/mol. The summed E-state index contributed by atoms with van der Waals surface area (Å²) in [5.41, 5.74) is 1.51. The Hall–Kier alpha value is -6.99. The molecule has 0 aliphatic rings. The van der Waals surface area contributed by atoms with Crippen LogP contribution in [0.3, 0.4) is 0 Å². The maximum absolute atomic E-state index is 12.7. The van der Waals surface area contributed by atoms with Crippen molar-refractivity contribution in [1.29, 1.82) is 0 Å². The van der Waals surface area contributed by atoms with Gasteiger partial charge >= 0.3 is 17.4 Å².